The molecule has 0 unspecified atom stereocenters. The van der Waals surface area contributed by atoms with E-state index in [0.717, 1.165) is 0 Å². The van der Waals surface area contributed by atoms with Gasteiger partial charge in [0, 0.05) is 23.6 Å². The Morgan fingerprint density at radius 3 is 2.53 bits per heavy atom. The quantitative estimate of drug-likeness (QED) is 0.680. The number of ether oxygens (including phenoxy) is 1. The third kappa shape index (κ3) is 2.85. The maximum Gasteiger partial charge on any atom is 0.387 e. The molecule has 0 aliphatic heterocycles. The number of alkyl halides is 2. The lowest BCUT2D eigenvalue weighted by Gasteiger charge is -2.12. The van der Waals surface area contributed by atoms with Gasteiger partial charge in [0.25, 0.3) is 0 Å². The molecule has 0 amide bonds. The summed E-state index contributed by atoms with van der Waals surface area (Å²) in [5.74, 6) is -0.729. The number of hydrogen-bond acceptors (Lipinski definition) is 4. The Morgan fingerprint density at radius 1 is 1.21 bits per heavy atom. The second-order valence-electron chi connectivity index (χ2n) is 3.66. The molecule has 4 nitrogen and oxygen atoms in total. The molecule has 2 aromatic rings. The van der Waals surface area contributed by atoms with Crippen LogP contribution in [0.5, 0.6) is 5.75 Å². The highest BCUT2D eigenvalue weighted by Crippen LogP contribution is 2.28. The SMILES string of the molecule is Nc1cccc(OC(F)F)c1C(=O)c1ccncc1. The minimum atomic E-state index is -3.02. The zero-order valence-corrected chi connectivity index (χ0v) is 9.72. The summed E-state index contributed by atoms with van der Waals surface area (Å²) < 4.78 is 28.9. The Morgan fingerprint density at radius 2 is 1.89 bits per heavy atom. The van der Waals surface area contributed by atoms with Crippen LogP contribution in [0.3, 0.4) is 0 Å². The van der Waals surface area contributed by atoms with Gasteiger partial charge in [0.05, 0.1) is 5.56 Å². The molecule has 19 heavy (non-hydrogen) atoms. The number of nitrogens with zero attached hydrogens (tertiary/aromatic N) is 1. The molecule has 0 aliphatic carbocycles. The fourth-order valence-corrected chi connectivity index (χ4v) is 1.63. The third-order valence-corrected chi connectivity index (χ3v) is 2.44. The molecular formula is C13H10F2N2O2. The van der Waals surface area contributed by atoms with Gasteiger partial charge in [-0.15, -0.1) is 0 Å². The van der Waals surface area contributed by atoms with E-state index in [1.54, 1.807) is 0 Å². The van der Waals surface area contributed by atoms with E-state index in [-0.39, 0.29) is 17.0 Å². The maximum atomic E-state index is 12.3. The fourth-order valence-electron chi connectivity index (χ4n) is 1.63. The highest BCUT2D eigenvalue weighted by Gasteiger charge is 2.19. The smallest absolute Gasteiger partial charge is 0.387 e. The Hall–Kier alpha value is -2.50. The number of anilines is 1. The molecule has 0 atom stereocenters. The van der Waals surface area contributed by atoms with Crippen LogP contribution in [0.4, 0.5) is 14.5 Å². The van der Waals surface area contributed by atoms with Gasteiger partial charge in [-0.25, -0.2) is 0 Å². The first-order chi connectivity index (χ1) is 9.09. The van der Waals surface area contributed by atoms with Crippen LogP contribution < -0.4 is 10.5 Å². The lowest BCUT2D eigenvalue weighted by atomic mass is 10.0. The molecule has 0 bridgehead atoms. The standard InChI is InChI=1S/C13H10F2N2O2/c14-13(15)19-10-3-1-2-9(16)11(10)12(18)8-4-6-17-7-5-8/h1-7,13H,16H2. The predicted octanol–water partition coefficient (Wildman–Crippen LogP) is 2.50. The average Bonchev–Trinajstić information content (AvgIpc) is 2.38. The number of nitrogen functional groups attached to an aromatic ring is 1. The van der Waals surface area contributed by atoms with Gasteiger partial charge in [-0.1, -0.05) is 6.07 Å². The molecule has 0 radical (unpaired) electrons. The first-order valence-corrected chi connectivity index (χ1v) is 5.37. The van der Waals surface area contributed by atoms with Crippen molar-refractivity contribution in [3.63, 3.8) is 0 Å². The lowest BCUT2D eigenvalue weighted by molar-refractivity contribution is -0.0500. The highest BCUT2D eigenvalue weighted by molar-refractivity contribution is 6.13. The van der Waals surface area contributed by atoms with E-state index in [2.05, 4.69) is 9.72 Å². The number of benzene rings is 1. The monoisotopic (exact) mass is 264 g/mol. The molecule has 1 aromatic carbocycles. The molecule has 0 saturated carbocycles. The summed E-state index contributed by atoms with van der Waals surface area (Å²) >= 11 is 0. The van der Waals surface area contributed by atoms with Gasteiger partial charge in [0.2, 0.25) is 0 Å². The van der Waals surface area contributed by atoms with Crippen molar-refractivity contribution in [1.29, 1.82) is 0 Å². The number of aromatic nitrogens is 1. The van der Waals surface area contributed by atoms with Gasteiger partial charge in [-0.2, -0.15) is 8.78 Å². The van der Waals surface area contributed by atoms with E-state index in [1.807, 2.05) is 0 Å². The molecule has 0 spiro atoms. The normalized spacial score (nSPS) is 10.5. The summed E-state index contributed by atoms with van der Waals surface area (Å²) in [5, 5.41) is 0. The minimum Gasteiger partial charge on any atom is -0.434 e. The summed E-state index contributed by atoms with van der Waals surface area (Å²) in [7, 11) is 0. The molecule has 0 aliphatic rings. The average molecular weight is 264 g/mol. The van der Waals surface area contributed by atoms with E-state index in [1.165, 1.54) is 42.7 Å². The van der Waals surface area contributed by atoms with Gasteiger partial charge in [-0.3, -0.25) is 9.78 Å². The van der Waals surface area contributed by atoms with Crippen molar-refractivity contribution in [3.8, 4) is 5.75 Å². The van der Waals surface area contributed by atoms with Crippen LogP contribution >= 0.6 is 0 Å². The summed E-state index contributed by atoms with van der Waals surface area (Å²) in [6.45, 7) is -3.02. The maximum absolute atomic E-state index is 12.3. The second kappa shape index (κ2) is 5.43. The number of hydrogen-bond donors (Lipinski definition) is 1. The molecule has 1 aromatic heterocycles. The van der Waals surface area contributed by atoms with Crippen molar-refractivity contribution < 1.29 is 18.3 Å². The largest absolute Gasteiger partial charge is 0.434 e. The van der Waals surface area contributed by atoms with Crippen LogP contribution in [0.2, 0.25) is 0 Å². The first-order valence-electron chi connectivity index (χ1n) is 5.37. The number of pyridine rings is 1. The van der Waals surface area contributed by atoms with E-state index in [4.69, 9.17) is 5.73 Å². The van der Waals surface area contributed by atoms with Crippen molar-refractivity contribution in [2.75, 3.05) is 5.73 Å². The van der Waals surface area contributed by atoms with Crippen molar-refractivity contribution in [1.82, 2.24) is 4.98 Å². The Labute approximate surface area is 107 Å². The highest BCUT2D eigenvalue weighted by atomic mass is 19.3. The number of halogens is 2. The van der Waals surface area contributed by atoms with Gasteiger partial charge in [0.1, 0.15) is 5.75 Å². The van der Waals surface area contributed by atoms with E-state index in [9.17, 15) is 13.6 Å². The Kier molecular flexibility index (Phi) is 3.70. The summed E-state index contributed by atoms with van der Waals surface area (Å²) in [5.41, 5.74) is 5.98. The molecule has 6 heteroatoms. The molecule has 2 rings (SSSR count). The fraction of sp³-hybridized carbons (Fsp3) is 0.0769. The Bertz CT molecular complexity index is 588. The minimum absolute atomic E-state index is 0.0750. The summed E-state index contributed by atoms with van der Waals surface area (Å²) in [6, 6.07) is 7.11. The molecule has 2 N–H and O–H groups in total. The first kappa shape index (κ1) is 12.9. The van der Waals surface area contributed by atoms with Crippen LogP contribution in [0.15, 0.2) is 42.7 Å². The topological polar surface area (TPSA) is 65.2 Å². The van der Waals surface area contributed by atoms with Crippen molar-refractivity contribution in [2.24, 2.45) is 0 Å². The molecule has 0 saturated heterocycles. The van der Waals surface area contributed by atoms with Crippen LogP contribution in [-0.2, 0) is 0 Å². The van der Waals surface area contributed by atoms with Gasteiger partial charge >= 0.3 is 6.61 Å². The number of carbonyl (C=O) groups is 1. The Balaban J connectivity index is 2.46. The summed E-state index contributed by atoms with van der Waals surface area (Å²) in [4.78, 5) is 16.0. The van der Waals surface area contributed by atoms with Crippen LogP contribution in [0.1, 0.15) is 15.9 Å². The van der Waals surface area contributed by atoms with Crippen molar-refractivity contribution in [2.45, 2.75) is 6.61 Å². The van der Waals surface area contributed by atoms with Crippen LogP contribution in [-0.4, -0.2) is 17.4 Å². The van der Waals surface area contributed by atoms with Crippen LogP contribution in [0.25, 0.3) is 0 Å². The molecular weight excluding hydrogens is 254 g/mol. The third-order valence-electron chi connectivity index (χ3n) is 2.44. The lowest BCUT2D eigenvalue weighted by Crippen LogP contribution is -2.11. The van der Waals surface area contributed by atoms with E-state index >= 15 is 0 Å². The van der Waals surface area contributed by atoms with Crippen LogP contribution in [0, 0.1) is 0 Å². The van der Waals surface area contributed by atoms with E-state index in [0.29, 0.717) is 5.56 Å². The van der Waals surface area contributed by atoms with Crippen molar-refractivity contribution >= 4 is 11.5 Å². The molecule has 98 valence electrons. The van der Waals surface area contributed by atoms with E-state index < -0.39 is 12.4 Å². The van der Waals surface area contributed by atoms with Gasteiger partial charge < -0.3 is 10.5 Å². The zero-order valence-electron chi connectivity index (χ0n) is 9.72. The molecule has 1 heterocycles. The molecule has 0 fully saturated rings. The predicted molar refractivity (Wildman–Crippen MR) is 65.2 cm³/mol. The number of carbonyl (C=O) groups excluding carboxylic acids is 1. The second-order valence-corrected chi connectivity index (χ2v) is 3.66. The number of nitrogens with two attached hydrogens (primary N) is 1. The summed E-state index contributed by atoms with van der Waals surface area (Å²) in [6.07, 6.45) is 2.86. The van der Waals surface area contributed by atoms with Gasteiger partial charge in [-0.05, 0) is 24.3 Å². The van der Waals surface area contributed by atoms with Gasteiger partial charge in [0.15, 0.2) is 5.78 Å². The number of rotatable bonds is 4. The van der Waals surface area contributed by atoms with Crippen molar-refractivity contribution in [3.05, 3.63) is 53.9 Å². The zero-order chi connectivity index (χ0) is 13.8. The number of ketones is 1.